The van der Waals surface area contributed by atoms with Gasteiger partial charge in [0.25, 0.3) is 0 Å². The summed E-state index contributed by atoms with van der Waals surface area (Å²) in [6.07, 6.45) is -3.45. The molecule has 1 aliphatic heterocycles. The lowest BCUT2D eigenvalue weighted by Gasteiger charge is -2.30. The molecule has 0 atom stereocenters. The van der Waals surface area contributed by atoms with E-state index >= 15 is 0 Å². The zero-order chi connectivity index (χ0) is 20.1. The highest BCUT2D eigenvalue weighted by atomic mass is 32.2. The van der Waals surface area contributed by atoms with Crippen LogP contribution in [0.5, 0.6) is 0 Å². The van der Waals surface area contributed by atoms with Gasteiger partial charge in [0.05, 0.1) is 29.1 Å². The van der Waals surface area contributed by atoms with Crippen LogP contribution in [0, 0.1) is 17.2 Å². The molecule has 0 unspecified atom stereocenters. The van der Waals surface area contributed by atoms with E-state index in [1.165, 1.54) is 0 Å². The molecule has 0 bridgehead atoms. The molecule has 0 aromatic heterocycles. The van der Waals surface area contributed by atoms with E-state index in [9.17, 15) is 26.4 Å². The summed E-state index contributed by atoms with van der Waals surface area (Å²) >= 11 is 0. The molecule has 1 aromatic rings. The van der Waals surface area contributed by atoms with Gasteiger partial charge in [0.15, 0.2) is 0 Å². The quantitative estimate of drug-likeness (QED) is 0.537. The van der Waals surface area contributed by atoms with Gasteiger partial charge in [0, 0.05) is 19.5 Å². The predicted molar refractivity (Wildman–Crippen MR) is 88.7 cm³/mol. The highest BCUT2D eigenvalue weighted by Gasteiger charge is 2.35. The zero-order valence-corrected chi connectivity index (χ0v) is 15.2. The van der Waals surface area contributed by atoms with Crippen LogP contribution >= 0.6 is 0 Å². The van der Waals surface area contributed by atoms with Crippen LogP contribution in [0.3, 0.4) is 0 Å². The number of nitriles is 1. The number of benzene rings is 1. The summed E-state index contributed by atoms with van der Waals surface area (Å²) < 4.78 is 69.8. The summed E-state index contributed by atoms with van der Waals surface area (Å²) in [6, 6.07) is 5.55. The number of sulfonamides is 1. The van der Waals surface area contributed by atoms with Crippen LogP contribution in [0.25, 0.3) is 0 Å². The van der Waals surface area contributed by atoms with Crippen LogP contribution in [0.2, 0.25) is 0 Å². The second kappa shape index (κ2) is 8.71. The fourth-order valence-electron chi connectivity index (χ4n) is 2.76. The van der Waals surface area contributed by atoms with E-state index < -0.39 is 38.5 Å². The van der Waals surface area contributed by atoms with E-state index in [4.69, 9.17) is 10.00 Å². The maximum Gasteiger partial charge on any atom is 0.416 e. The average Bonchev–Trinajstić information content (AvgIpc) is 2.64. The van der Waals surface area contributed by atoms with Gasteiger partial charge < -0.3 is 4.74 Å². The van der Waals surface area contributed by atoms with Crippen LogP contribution in [0.1, 0.15) is 31.2 Å². The van der Waals surface area contributed by atoms with Gasteiger partial charge in [-0.3, -0.25) is 4.79 Å². The number of piperidine rings is 1. The van der Waals surface area contributed by atoms with Crippen molar-refractivity contribution in [3.63, 3.8) is 0 Å². The van der Waals surface area contributed by atoms with Crippen LogP contribution in [0.4, 0.5) is 13.2 Å². The minimum Gasteiger partial charge on any atom is -0.465 e. The molecule has 0 spiro atoms. The number of nitrogens with zero attached hydrogens (tertiary/aromatic N) is 2. The minimum atomic E-state index is -4.63. The zero-order valence-electron chi connectivity index (χ0n) is 14.4. The van der Waals surface area contributed by atoms with E-state index in [1.54, 1.807) is 0 Å². The van der Waals surface area contributed by atoms with E-state index in [1.807, 2.05) is 6.07 Å². The second-order valence-corrected chi connectivity index (χ2v) is 8.07. The molecule has 0 radical (unpaired) electrons. The number of alkyl halides is 3. The molecule has 2 rings (SSSR count). The molecule has 1 fully saturated rings. The molecule has 0 aliphatic carbocycles. The van der Waals surface area contributed by atoms with Gasteiger partial charge >= 0.3 is 12.1 Å². The number of carbonyl (C=O) groups is 1. The Morgan fingerprint density at radius 2 is 1.96 bits per heavy atom. The van der Waals surface area contributed by atoms with Gasteiger partial charge in [0.1, 0.15) is 0 Å². The topological polar surface area (TPSA) is 87.5 Å². The molecule has 1 aliphatic rings. The van der Waals surface area contributed by atoms with Gasteiger partial charge in [-0.2, -0.15) is 22.7 Å². The van der Waals surface area contributed by atoms with Crippen molar-refractivity contribution in [2.45, 2.75) is 36.8 Å². The van der Waals surface area contributed by atoms with Crippen LogP contribution < -0.4 is 0 Å². The van der Waals surface area contributed by atoms with Gasteiger partial charge in [-0.1, -0.05) is 6.07 Å². The minimum absolute atomic E-state index is 0.0243. The third-order valence-corrected chi connectivity index (χ3v) is 6.16. The monoisotopic (exact) mass is 404 g/mol. The Hall–Kier alpha value is -2.12. The van der Waals surface area contributed by atoms with Crippen LogP contribution in [0.15, 0.2) is 29.2 Å². The molecule has 27 heavy (non-hydrogen) atoms. The molecule has 0 N–H and O–H groups in total. The van der Waals surface area contributed by atoms with Crippen molar-refractivity contribution in [1.82, 2.24) is 4.31 Å². The Kier molecular flexibility index (Phi) is 6.84. The largest absolute Gasteiger partial charge is 0.465 e. The highest BCUT2D eigenvalue weighted by Crippen LogP contribution is 2.32. The van der Waals surface area contributed by atoms with Crippen LogP contribution in [-0.4, -0.2) is 38.4 Å². The third kappa shape index (κ3) is 5.43. The molecule has 1 aromatic carbocycles. The van der Waals surface area contributed by atoms with E-state index in [0.29, 0.717) is 12.5 Å². The summed E-state index contributed by atoms with van der Waals surface area (Å²) in [7, 11) is -4.07. The number of carbonyl (C=O) groups excluding carboxylic acids is 1. The summed E-state index contributed by atoms with van der Waals surface area (Å²) in [6.45, 7) is 0.183. The second-order valence-electron chi connectivity index (χ2n) is 6.13. The average molecular weight is 404 g/mol. The van der Waals surface area contributed by atoms with Crippen molar-refractivity contribution < 1.29 is 31.1 Å². The van der Waals surface area contributed by atoms with Crippen LogP contribution in [-0.2, 0) is 25.7 Å². The molecular weight excluding hydrogens is 385 g/mol. The summed E-state index contributed by atoms with van der Waals surface area (Å²) in [4.78, 5) is 11.5. The summed E-state index contributed by atoms with van der Waals surface area (Å²) in [5, 5.41) is 8.43. The maximum atomic E-state index is 12.8. The Morgan fingerprint density at radius 1 is 1.30 bits per heavy atom. The normalized spacial score (nSPS) is 16.7. The van der Waals surface area contributed by atoms with Crippen molar-refractivity contribution in [2.24, 2.45) is 5.92 Å². The molecule has 0 amide bonds. The number of hydrogen-bond acceptors (Lipinski definition) is 5. The number of esters is 1. The van der Waals surface area contributed by atoms with Crippen molar-refractivity contribution >= 4 is 16.0 Å². The number of halogens is 3. The predicted octanol–water partition coefficient (Wildman–Crippen LogP) is 2.95. The Morgan fingerprint density at radius 3 is 2.56 bits per heavy atom. The summed E-state index contributed by atoms with van der Waals surface area (Å²) in [5.74, 6) is -0.899. The molecule has 1 saturated heterocycles. The standard InChI is InChI=1S/C17H19F3N2O4S/c18-17(19,20)14-4-3-5-15(12-14)27(24,25)22-9-6-13(7-10-22)16(23)26-11-2-1-8-21/h3-5,12-13H,1-2,6-7,9-11H2. The molecule has 148 valence electrons. The Bertz CT molecular complexity index is 810. The lowest BCUT2D eigenvalue weighted by Crippen LogP contribution is -2.40. The lowest BCUT2D eigenvalue weighted by molar-refractivity contribution is -0.150. The number of ether oxygens (including phenoxy) is 1. The van der Waals surface area contributed by atoms with Gasteiger partial charge in [-0.05, 0) is 37.5 Å². The molecular formula is C17H19F3N2O4S. The SMILES string of the molecule is N#CCCCOC(=O)C1CCN(S(=O)(=O)c2cccc(C(F)(F)F)c2)CC1. The van der Waals surface area contributed by atoms with Gasteiger partial charge in [-0.25, -0.2) is 8.42 Å². The number of hydrogen-bond donors (Lipinski definition) is 0. The van der Waals surface area contributed by atoms with Gasteiger partial charge in [0.2, 0.25) is 10.0 Å². The highest BCUT2D eigenvalue weighted by molar-refractivity contribution is 7.89. The van der Waals surface area contributed by atoms with E-state index in [2.05, 4.69) is 0 Å². The fraction of sp³-hybridized carbons (Fsp3) is 0.529. The molecule has 1 heterocycles. The molecule has 0 saturated carbocycles. The number of unbranched alkanes of at least 4 members (excludes halogenated alkanes) is 1. The number of rotatable bonds is 6. The van der Waals surface area contributed by atoms with Crippen molar-refractivity contribution in [3.05, 3.63) is 29.8 Å². The Labute approximate surface area is 155 Å². The molecule has 6 nitrogen and oxygen atoms in total. The van der Waals surface area contributed by atoms with E-state index in [-0.39, 0.29) is 39.0 Å². The van der Waals surface area contributed by atoms with E-state index in [0.717, 1.165) is 22.5 Å². The summed E-state index contributed by atoms with van der Waals surface area (Å²) in [5.41, 5.74) is -1.03. The van der Waals surface area contributed by atoms with Crippen molar-refractivity contribution in [1.29, 1.82) is 5.26 Å². The maximum absolute atomic E-state index is 12.8. The third-order valence-electron chi connectivity index (χ3n) is 4.26. The molecule has 10 heteroatoms. The van der Waals surface area contributed by atoms with Gasteiger partial charge in [-0.15, -0.1) is 0 Å². The first-order chi connectivity index (χ1) is 12.7. The lowest BCUT2D eigenvalue weighted by atomic mass is 9.98. The fourth-order valence-corrected chi connectivity index (χ4v) is 4.27. The van der Waals surface area contributed by atoms with Crippen molar-refractivity contribution in [2.75, 3.05) is 19.7 Å². The Balaban J connectivity index is 1.99. The first-order valence-electron chi connectivity index (χ1n) is 8.37. The first-order valence-corrected chi connectivity index (χ1v) is 9.81. The van der Waals surface area contributed by atoms with Crippen molar-refractivity contribution in [3.8, 4) is 6.07 Å². The first kappa shape index (κ1) is 21.2. The smallest absolute Gasteiger partial charge is 0.416 e.